The first-order valence-corrected chi connectivity index (χ1v) is 18.8. The third-order valence-corrected chi connectivity index (χ3v) is 11.3. The Balaban J connectivity index is 1.38. The summed E-state index contributed by atoms with van der Waals surface area (Å²) in [7, 11) is -3.97. The quantitative estimate of drug-likeness (QED) is 0.168. The average Bonchev–Trinajstić information content (AvgIpc) is 3.97. The zero-order chi connectivity index (χ0) is 38.9. The third kappa shape index (κ3) is 9.15. The van der Waals surface area contributed by atoms with Crippen molar-refractivity contribution in [3.8, 4) is 0 Å². The van der Waals surface area contributed by atoms with Gasteiger partial charge in [-0.2, -0.15) is 0 Å². The maximum Gasteiger partial charge on any atom is 0.410 e. The van der Waals surface area contributed by atoms with Crippen molar-refractivity contribution >= 4 is 45.8 Å². The van der Waals surface area contributed by atoms with Gasteiger partial charge in [-0.3, -0.25) is 28.8 Å². The van der Waals surface area contributed by atoms with Gasteiger partial charge in [0.05, 0.1) is 18.3 Å². The van der Waals surface area contributed by atoms with Gasteiger partial charge in [-0.1, -0.05) is 24.8 Å². The first-order valence-electron chi connectivity index (χ1n) is 17.3. The van der Waals surface area contributed by atoms with Crippen LogP contribution in [0.3, 0.4) is 0 Å². The molecule has 2 heterocycles. The second kappa shape index (κ2) is 15.2. The monoisotopic (exact) mass is 760 g/mol. The van der Waals surface area contributed by atoms with Gasteiger partial charge in [-0.15, -0.1) is 6.58 Å². The molecule has 0 radical (unpaired) electrons. The summed E-state index contributed by atoms with van der Waals surface area (Å²) in [4.78, 5) is 82.1. The number of hydrogen-bond donors (Lipinski definition) is 4. The second-order valence-electron chi connectivity index (χ2n) is 14.6. The summed E-state index contributed by atoms with van der Waals surface area (Å²) in [5.74, 6) is -4.19. The van der Waals surface area contributed by atoms with Crippen LogP contribution in [0.1, 0.15) is 64.0 Å². The molecular weight excluding hydrogens is 715 g/mol. The predicted molar refractivity (Wildman–Crippen MR) is 186 cm³/mol. The summed E-state index contributed by atoms with van der Waals surface area (Å²) in [6.45, 7) is 11.6. The van der Waals surface area contributed by atoms with E-state index in [1.54, 1.807) is 26.8 Å². The molecule has 1 aromatic rings. The van der Waals surface area contributed by atoms with Crippen LogP contribution in [0.4, 0.5) is 14.0 Å². The summed E-state index contributed by atoms with van der Waals surface area (Å²) in [6.07, 6.45) is 0.0940. The van der Waals surface area contributed by atoms with E-state index in [1.807, 2.05) is 0 Å². The molecule has 6 amide bonds. The second-order valence-corrected chi connectivity index (χ2v) is 16.6. The number of sulfonamides is 1. The van der Waals surface area contributed by atoms with E-state index in [1.165, 1.54) is 23.1 Å². The highest BCUT2D eigenvalue weighted by molar-refractivity contribution is 7.91. The molecule has 1 aromatic carbocycles. The molecule has 0 spiro atoms. The lowest BCUT2D eigenvalue weighted by molar-refractivity contribution is -0.141. The highest BCUT2D eigenvalue weighted by atomic mass is 32.2. The summed E-state index contributed by atoms with van der Waals surface area (Å²) in [5, 5.41) is 6.97. The summed E-state index contributed by atoms with van der Waals surface area (Å²) < 4.78 is 52.8. The van der Waals surface area contributed by atoms with Crippen molar-refractivity contribution in [2.24, 2.45) is 5.92 Å². The number of alkyl carbamates (subject to hydrolysis) is 1. The van der Waals surface area contributed by atoms with Crippen LogP contribution in [-0.4, -0.2) is 102 Å². The lowest BCUT2D eigenvalue weighted by Gasteiger charge is -2.30. The number of fused-ring (bicyclic) bond motifs is 1. The SMILES string of the molecule is C=CC(=O)NCC[C@H](NC(=O)OC(C)(C)C)C(=O)N1CC(OC(=O)N2Cc3cccc(F)c3C2)C[C@H]1C(=O)N[C@]1(C(=O)NS(=O)(=O)C2CC2)C[C@H]1C=C. The Kier molecular flexibility index (Phi) is 11.2. The van der Waals surface area contributed by atoms with Gasteiger partial charge in [-0.25, -0.2) is 22.4 Å². The molecule has 288 valence electrons. The Hall–Kier alpha value is -5.00. The van der Waals surface area contributed by atoms with Gasteiger partial charge in [0.1, 0.15) is 35.1 Å². The molecule has 4 N–H and O–H groups in total. The molecule has 0 bridgehead atoms. The van der Waals surface area contributed by atoms with Gasteiger partial charge in [0, 0.05) is 31.0 Å². The number of ether oxygens (including phenoxy) is 2. The number of carbonyl (C=O) groups excluding carboxylic acids is 6. The van der Waals surface area contributed by atoms with E-state index in [9.17, 15) is 41.6 Å². The van der Waals surface area contributed by atoms with E-state index in [-0.39, 0.29) is 45.4 Å². The van der Waals surface area contributed by atoms with Crippen LogP contribution in [-0.2, 0) is 51.8 Å². The molecule has 18 heteroatoms. The number of benzene rings is 1. The van der Waals surface area contributed by atoms with E-state index >= 15 is 0 Å². The third-order valence-electron chi connectivity index (χ3n) is 9.46. The standard InChI is InChI=1S/C35H45FN6O10S/c1-6-21-16-35(21,31(46)40-53(49,50)23-11-12-23)39-29(44)27-15-22(51-33(48)41-17-20-9-8-10-25(36)24(20)19-41)18-42(27)30(45)26(13-14-37-28(43)7-2)38-32(47)52-34(3,4)5/h6-10,21-23,26-27H,1-2,11-19H2,3-5H3,(H,37,43)(H,38,47)(H,39,44)(H,40,46)/t21-,22?,26+,27+,35-/m1/s1. The van der Waals surface area contributed by atoms with E-state index in [0.29, 0.717) is 24.0 Å². The first-order chi connectivity index (χ1) is 24.9. The van der Waals surface area contributed by atoms with E-state index < -0.39 is 92.2 Å². The Labute approximate surface area is 306 Å². The molecule has 2 saturated carbocycles. The maximum absolute atomic E-state index is 14.4. The zero-order valence-corrected chi connectivity index (χ0v) is 30.6. The van der Waals surface area contributed by atoms with Crippen LogP contribution in [0.2, 0.25) is 0 Å². The summed E-state index contributed by atoms with van der Waals surface area (Å²) >= 11 is 0. The number of likely N-dealkylation sites (tertiary alicyclic amines) is 1. The Morgan fingerprint density at radius 1 is 1.11 bits per heavy atom. The fourth-order valence-corrected chi connectivity index (χ4v) is 7.80. The number of carbonyl (C=O) groups is 6. The van der Waals surface area contributed by atoms with Crippen LogP contribution >= 0.6 is 0 Å². The van der Waals surface area contributed by atoms with Crippen LogP contribution in [0, 0.1) is 11.7 Å². The molecule has 3 fully saturated rings. The molecule has 4 aliphatic rings. The normalized spacial score (nSPS) is 23.9. The molecule has 2 aliphatic heterocycles. The van der Waals surface area contributed by atoms with Crippen molar-refractivity contribution in [3.63, 3.8) is 0 Å². The number of amides is 6. The van der Waals surface area contributed by atoms with E-state index in [4.69, 9.17) is 9.47 Å². The van der Waals surface area contributed by atoms with Crippen molar-refractivity contribution in [1.82, 2.24) is 30.5 Å². The van der Waals surface area contributed by atoms with Crippen LogP contribution in [0.5, 0.6) is 0 Å². The number of hydrogen-bond acceptors (Lipinski definition) is 10. The maximum atomic E-state index is 14.4. The summed E-state index contributed by atoms with van der Waals surface area (Å²) in [6, 6.07) is 1.79. The van der Waals surface area contributed by atoms with Gasteiger partial charge in [0.25, 0.3) is 5.91 Å². The highest BCUT2D eigenvalue weighted by Crippen LogP contribution is 2.45. The molecule has 5 atom stereocenters. The minimum atomic E-state index is -3.97. The average molecular weight is 761 g/mol. The minimum Gasteiger partial charge on any atom is -0.444 e. The molecule has 2 aliphatic carbocycles. The van der Waals surface area contributed by atoms with Crippen LogP contribution in [0.15, 0.2) is 43.5 Å². The van der Waals surface area contributed by atoms with Crippen molar-refractivity contribution in [3.05, 3.63) is 60.5 Å². The fraction of sp³-hybridized carbons (Fsp3) is 0.543. The highest BCUT2D eigenvalue weighted by Gasteiger charge is 2.62. The molecule has 1 saturated heterocycles. The van der Waals surface area contributed by atoms with Gasteiger partial charge in [0.15, 0.2) is 0 Å². The van der Waals surface area contributed by atoms with E-state index in [2.05, 4.69) is 33.8 Å². The smallest absolute Gasteiger partial charge is 0.410 e. The van der Waals surface area contributed by atoms with Crippen LogP contribution in [0.25, 0.3) is 0 Å². The van der Waals surface area contributed by atoms with Crippen molar-refractivity contribution in [2.75, 3.05) is 13.1 Å². The Bertz CT molecular complexity index is 1810. The van der Waals surface area contributed by atoms with Crippen LogP contribution < -0.4 is 20.7 Å². The Morgan fingerprint density at radius 3 is 2.43 bits per heavy atom. The molecule has 0 aromatic heterocycles. The zero-order valence-electron chi connectivity index (χ0n) is 29.8. The Morgan fingerprint density at radius 2 is 1.83 bits per heavy atom. The topological polar surface area (TPSA) is 210 Å². The number of nitrogens with one attached hydrogen (secondary N) is 4. The molecular formula is C35H45FN6O10S. The van der Waals surface area contributed by atoms with Crippen molar-refractivity contribution < 1.29 is 51.0 Å². The van der Waals surface area contributed by atoms with E-state index in [0.717, 1.165) is 11.0 Å². The summed E-state index contributed by atoms with van der Waals surface area (Å²) in [5.41, 5.74) is -1.65. The predicted octanol–water partition coefficient (Wildman–Crippen LogP) is 1.50. The van der Waals surface area contributed by atoms with Gasteiger partial charge in [0.2, 0.25) is 27.7 Å². The molecule has 1 unspecified atom stereocenters. The molecule has 16 nitrogen and oxygen atoms in total. The van der Waals surface area contributed by atoms with Crippen molar-refractivity contribution in [2.45, 2.75) is 101 Å². The fourth-order valence-electron chi connectivity index (χ4n) is 6.44. The van der Waals surface area contributed by atoms with Crippen molar-refractivity contribution in [1.29, 1.82) is 0 Å². The first kappa shape index (κ1) is 39.2. The number of halogens is 1. The number of nitrogens with zero attached hydrogens (tertiary/aromatic N) is 2. The van der Waals surface area contributed by atoms with Gasteiger partial charge in [-0.05, 0) is 64.2 Å². The molecule has 5 rings (SSSR count). The lowest BCUT2D eigenvalue weighted by Crippen LogP contribution is -2.58. The largest absolute Gasteiger partial charge is 0.444 e. The van der Waals surface area contributed by atoms with Gasteiger partial charge >= 0.3 is 12.2 Å². The molecule has 53 heavy (non-hydrogen) atoms. The van der Waals surface area contributed by atoms with Gasteiger partial charge < -0.3 is 30.3 Å². The minimum absolute atomic E-state index is 0.0469. The number of rotatable bonds is 13. The lowest BCUT2D eigenvalue weighted by atomic mass is 10.1.